The van der Waals surface area contributed by atoms with Gasteiger partial charge in [0.25, 0.3) is 11.8 Å². The number of aryl methyl sites for hydroxylation is 1. The molecule has 0 saturated heterocycles. The minimum Gasteiger partial charge on any atom is -0.383 e. The van der Waals surface area contributed by atoms with Crippen LogP contribution < -0.4 is 0 Å². The van der Waals surface area contributed by atoms with Crippen LogP contribution in [-0.2, 0) is 20.1 Å². The Morgan fingerprint density at radius 2 is 1.65 bits per heavy atom. The van der Waals surface area contributed by atoms with Gasteiger partial charge in [0, 0.05) is 12.9 Å². The normalized spacial score (nSPS) is 14.5. The minimum absolute atomic E-state index is 0.233. The molecule has 0 saturated carbocycles. The first-order valence-corrected chi connectivity index (χ1v) is 9.43. The molecule has 2 aromatic carbocycles. The van der Waals surface area contributed by atoms with E-state index in [0.717, 1.165) is 16.7 Å². The fraction of sp³-hybridized carbons (Fsp3) is 0.238. The van der Waals surface area contributed by atoms with E-state index in [2.05, 4.69) is 0 Å². The lowest BCUT2D eigenvalue weighted by molar-refractivity contribution is -0.137. The van der Waals surface area contributed by atoms with E-state index in [1.165, 1.54) is 16.7 Å². The van der Waals surface area contributed by atoms with E-state index >= 15 is 0 Å². The maximum atomic E-state index is 12.9. The van der Waals surface area contributed by atoms with Crippen LogP contribution in [0.3, 0.4) is 0 Å². The second-order valence-electron chi connectivity index (χ2n) is 6.10. The average molecular weight is 367 g/mol. The Hall–Kier alpha value is -2.37. The number of nitrogens with zero attached hydrogens (tertiary/aromatic N) is 1. The number of imide groups is 1. The highest BCUT2D eigenvalue weighted by atomic mass is 32.2. The molecule has 0 N–H and O–H groups in total. The highest BCUT2D eigenvalue weighted by molar-refractivity contribution is 8.03. The quantitative estimate of drug-likeness (QED) is 0.701. The van der Waals surface area contributed by atoms with Crippen LogP contribution in [0, 0.1) is 6.92 Å². The molecule has 26 heavy (non-hydrogen) atoms. The van der Waals surface area contributed by atoms with Crippen molar-refractivity contribution in [2.75, 3.05) is 20.3 Å². The van der Waals surface area contributed by atoms with Gasteiger partial charge in [-0.25, -0.2) is 0 Å². The molecule has 0 unspecified atom stereocenters. The number of ether oxygens (including phenoxy) is 1. The first-order valence-electron chi connectivity index (χ1n) is 8.45. The molecule has 0 aliphatic carbocycles. The molecule has 1 aliphatic heterocycles. The minimum atomic E-state index is -0.244. The Balaban J connectivity index is 1.93. The van der Waals surface area contributed by atoms with Gasteiger partial charge >= 0.3 is 0 Å². The summed E-state index contributed by atoms with van der Waals surface area (Å²) in [6.45, 7) is 2.59. The van der Waals surface area contributed by atoms with Crippen LogP contribution in [0.5, 0.6) is 0 Å². The number of carbonyl (C=O) groups excluding carboxylic acids is 2. The number of amides is 2. The lowest BCUT2D eigenvalue weighted by Crippen LogP contribution is -2.34. The summed E-state index contributed by atoms with van der Waals surface area (Å²) in [5.74, 6) is 0.165. The zero-order chi connectivity index (χ0) is 18.5. The number of hydrogen-bond donors (Lipinski definition) is 0. The maximum Gasteiger partial charge on any atom is 0.268 e. The van der Waals surface area contributed by atoms with E-state index in [4.69, 9.17) is 4.74 Å². The lowest BCUT2D eigenvalue weighted by atomic mass is 10.0. The average Bonchev–Trinajstić information content (AvgIpc) is 2.89. The van der Waals surface area contributed by atoms with Gasteiger partial charge in [0.05, 0.1) is 23.6 Å². The number of benzene rings is 2. The van der Waals surface area contributed by atoms with Gasteiger partial charge in [0.15, 0.2) is 0 Å². The van der Waals surface area contributed by atoms with Gasteiger partial charge in [-0.15, -0.1) is 11.8 Å². The molecule has 0 fully saturated rings. The van der Waals surface area contributed by atoms with Gasteiger partial charge in [-0.05, 0) is 18.1 Å². The summed E-state index contributed by atoms with van der Waals surface area (Å²) in [7, 11) is 1.56. The second kappa shape index (κ2) is 8.34. The fourth-order valence-electron chi connectivity index (χ4n) is 2.78. The van der Waals surface area contributed by atoms with Crippen molar-refractivity contribution in [2.45, 2.75) is 12.7 Å². The number of hydrogen-bond acceptors (Lipinski definition) is 4. The van der Waals surface area contributed by atoms with Crippen molar-refractivity contribution in [2.24, 2.45) is 0 Å². The summed E-state index contributed by atoms with van der Waals surface area (Å²) in [5.41, 5.74) is 3.50. The van der Waals surface area contributed by atoms with E-state index in [1.54, 1.807) is 7.11 Å². The third-order valence-corrected chi connectivity index (χ3v) is 5.36. The first-order chi connectivity index (χ1) is 12.6. The van der Waals surface area contributed by atoms with E-state index in [-0.39, 0.29) is 18.4 Å². The molecule has 2 amide bonds. The van der Waals surface area contributed by atoms with Crippen molar-refractivity contribution in [1.82, 2.24) is 4.90 Å². The zero-order valence-corrected chi connectivity index (χ0v) is 15.7. The molecule has 2 aromatic rings. The molecule has 5 heteroatoms. The Bertz CT molecular complexity index is 828. The number of carbonyl (C=O) groups is 2. The molecule has 1 aliphatic rings. The van der Waals surface area contributed by atoms with Crippen LogP contribution >= 0.6 is 11.8 Å². The van der Waals surface area contributed by atoms with Gasteiger partial charge in [-0.1, -0.05) is 60.2 Å². The third kappa shape index (κ3) is 3.89. The van der Waals surface area contributed by atoms with E-state index in [9.17, 15) is 9.59 Å². The molecule has 0 bridgehead atoms. The Morgan fingerprint density at radius 1 is 0.962 bits per heavy atom. The topological polar surface area (TPSA) is 46.6 Å². The molecule has 0 spiro atoms. The molecule has 134 valence electrons. The van der Waals surface area contributed by atoms with Gasteiger partial charge in [-0.2, -0.15) is 0 Å². The number of methoxy groups -OCH3 is 1. The summed E-state index contributed by atoms with van der Waals surface area (Å²) in [4.78, 5) is 27.6. The summed E-state index contributed by atoms with van der Waals surface area (Å²) < 4.78 is 5.05. The molecular formula is C21H21NO3S. The molecule has 0 radical (unpaired) electrons. The van der Waals surface area contributed by atoms with E-state index in [0.29, 0.717) is 22.8 Å². The van der Waals surface area contributed by atoms with Crippen molar-refractivity contribution in [1.29, 1.82) is 0 Å². The molecule has 0 aromatic heterocycles. The van der Waals surface area contributed by atoms with E-state index in [1.807, 2.05) is 61.5 Å². The summed E-state index contributed by atoms with van der Waals surface area (Å²) in [6, 6.07) is 17.6. The standard InChI is InChI=1S/C21H21NO3S/c1-15-8-10-17(11-9-15)18-19(26-14-16-6-4-3-5-7-16)21(24)22(20(18)23)12-13-25-2/h3-11H,12-14H2,1-2H3. The maximum absolute atomic E-state index is 12.9. The van der Waals surface area contributed by atoms with Crippen molar-refractivity contribution >= 4 is 29.1 Å². The SMILES string of the molecule is COCCN1C(=O)C(SCc2ccccc2)=C(c2ccc(C)cc2)C1=O. The summed E-state index contributed by atoms with van der Waals surface area (Å²) in [5, 5.41) is 0. The van der Waals surface area contributed by atoms with Gasteiger partial charge < -0.3 is 4.74 Å². The monoisotopic (exact) mass is 367 g/mol. The Kier molecular flexibility index (Phi) is 5.91. The smallest absolute Gasteiger partial charge is 0.268 e. The number of thioether (sulfide) groups is 1. The highest BCUT2D eigenvalue weighted by Gasteiger charge is 2.38. The predicted molar refractivity (Wildman–Crippen MR) is 104 cm³/mol. The first kappa shape index (κ1) is 18.4. The van der Waals surface area contributed by atoms with Gasteiger partial charge in [0.2, 0.25) is 0 Å². The van der Waals surface area contributed by atoms with Crippen molar-refractivity contribution in [3.8, 4) is 0 Å². The predicted octanol–water partition coefficient (Wildman–Crippen LogP) is 3.65. The Morgan fingerprint density at radius 3 is 2.31 bits per heavy atom. The van der Waals surface area contributed by atoms with Crippen molar-refractivity contribution in [3.05, 3.63) is 76.2 Å². The van der Waals surface area contributed by atoms with Crippen LogP contribution in [0.4, 0.5) is 0 Å². The van der Waals surface area contributed by atoms with Gasteiger partial charge in [0.1, 0.15) is 0 Å². The van der Waals surface area contributed by atoms with Crippen LogP contribution in [0.15, 0.2) is 59.5 Å². The van der Waals surface area contributed by atoms with Crippen LogP contribution in [-0.4, -0.2) is 37.0 Å². The molecule has 3 rings (SSSR count). The van der Waals surface area contributed by atoms with Crippen LogP contribution in [0.25, 0.3) is 5.57 Å². The highest BCUT2D eigenvalue weighted by Crippen LogP contribution is 2.37. The summed E-state index contributed by atoms with van der Waals surface area (Å²) >= 11 is 1.42. The molecule has 1 heterocycles. The molecular weight excluding hydrogens is 346 g/mol. The molecule has 4 nitrogen and oxygen atoms in total. The fourth-order valence-corrected chi connectivity index (χ4v) is 3.86. The number of rotatable bonds is 7. The lowest BCUT2D eigenvalue weighted by Gasteiger charge is -2.14. The van der Waals surface area contributed by atoms with Crippen LogP contribution in [0.2, 0.25) is 0 Å². The van der Waals surface area contributed by atoms with Crippen LogP contribution in [0.1, 0.15) is 16.7 Å². The third-order valence-electron chi connectivity index (χ3n) is 4.21. The largest absolute Gasteiger partial charge is 0.383 e. The Labute approximate surface area is 157 Å². The van der Waals surface area contributed by atoms with Gasteiger partial charge in [-0.3, -0.25) is 14.5 Å². The summed E-state index contributed by atoms with van der Waals surface area (Å²) in [6.07, 6.45) is 0. The van der Waals surface area contributed by atoms with E-state index < -0.39 is 0 Å². The zero-order valence-electron chi connectivity index (χ0n) is 14.9. The van der Waals surface area contributed by atoms with Crippen molar-refractivity contribution < 1.29 is 14.3 Å². The second-order valence-corrected chi connectivity index (χ2v) is 7.08. The van der Waals surface area contributed by atoms with Crippen molar-refractivity contribution in [3.63, 3.8) is 0 Å². The molecule has 0 atom stereocenters.